The number of rotatable bonds is 3. The molecular formula is C22H20N4O. The summed E-state index contributed by atoms with van der Waals surface area (Å²) in [7, 11) is 1.97. The minimum atomic E-state index is 0.560. The Morgan fingerprint density at radius 1 is 0.778 bits per heavy atom. The van der Waals surface area contributed by atoms with E-state index in [0.717, 1.165) is 23.3 Å². The molecule has 1 aliphatic rings. The van der Waals surface area contributed by atoms with Gasteiger partial charge in [0.2, 0.25) is 5.96 Å². The van der Waals surface area contributed by atoms with Gasteiger partial charge in [-0.3, -0.25) is 4.90 Å². The third-order valence-electron chi connectivity index (χ3n) is 4.41. The Kier molecular flexibility index (Phi) is 4.49. The second-order valence-corrected chi connectivity index (χ2v) is 6.10. The number of aliphatic hydroxyl groups excluding tert-OH is 1. The number of guanidine groups is 1. The van der Waals surface area contributed by atoms with E-state index in [2.05, 4.69) is 0 Å². The van der Waals surface area contributed by atoms with Crippen LogP contribution in [0.25, 0.3) is 0 Å². The minimum absolute atomic E-state index is 0.560. The number of anilines is 3. The fourth-order valence-corrected chi connectivity index (χ4v) is 3.06. The molecule has 0 spiro atoms. The first-order valence-electron chi connectivity index (χ1n) is 8.71. The summed E-state index contributed by atoms with van der Waals surface area (Å²) >= 11 is 0. The van der Waals surface area contributed by atoms with Crippen molar-refractivity contribution >= 4 is 23.0 Å². The summed E-state index contributed by atoms with van der Waals surface area (Å²) in [4.78, 5) is 3.93. The highest BCUT2D eigenvalue weighted by Gasteiger charge is 2.34. The molecule has 0 fully saturated rings. The lowest BCUT2D eigenvalue weighted by Crippen LogP contribution is -2.39. The Balaban J connectivity index is 1.83. The van der Waals surface area contributed by atoms with E-state index in [1.807, 2.05) is 108 Å². The molecule has 1 aliphatic heterocycles. The van der Waals surface area contributed by atoms with Crippen LogP contribution in [0.4, 0.5) is 17.1 Å². The molecule has 0 amide bonds. The SMILES string of the molecule is CN(C1=NN(c2ccccc2)C(=CO)N1c1ccccc1)c1ccccc1. The van der Waals surface area contributed by atoms with Crippen LogP contribution in [0.5, 0.6) is 0 Å². The minimum Gasteiger partial charge on any atom is -0.512 e. The first-order chi connectivity index (χ1) is 13.3. The molecule has 4 rings (SSSR count). The molecule has 0 saturated heterocycles. The van der Waals surface area contributed by atoms with Gasteiger partial charge in [-0.05, 0) is 36.4 Å². The largest absolute Gasteiger partial charge is 0.512 e. The van der Waals surface area contributed by atoms with E-state index < -0.39 is 0 Å². The third kappa shape index (κ3) is 3.11. The normalized spacial score (nSPS) is 15.1. The Bertz CT molecular complexity index is 955. The fourth-order valence-electron chi connectivity index (χ4n) is 3.06. The summed E-state index contributed by atoms with van der Waals surface area (Å²) in [5.74, 6) is 1.25. The standard InChI is InChI=1S/C22H20N4O/c1-24(18-11-5-2-6-12-18)22-23-26(20-15-9-4-10-16-20)21(17-27)25(22)19-13-7-3-8-14-19/h2-17,27H,1H3. The molecule has 3 aromatic carbocycles. The van der Waals surface area contributed by atoms with Gasteiger partial charge in [-0.1, -0.05) is 54.6 Å². The maximum atomic E-state index is 10.1. The average Bonchev–Trinajstić information content (AvgIpc) is 3.14. The highest BCUT2D eigenvalue weighted by molar-refractivity contribution is 6.11. The van der Waals surface area contributed by atoms with Crippen molar-refractivity contribution in [3.05, 3.63) is 103 Å². The molecule has 0 aromatic heterocycles. The Hall–Kier alpha value is -3.73. The second-order valence-electron chi connectivity index (χ2n) is 6.10. The molecule has 5 heteroatoms. The Labute approximate surface area is 158 Å². The van der Waals surface area contributed by atoms with Crippen LogP contribution >= 0.6 is 0 Å². The molecule has 5 nitrogen and oxygen atoms in total. The van der Waals surface area contributed by atoms with Crippen LogP contribution in [0.3, 0.4) is 0 Å². The maximum Gasteiger partial charge on any atom is 0.234 e. The van der Waals surface area contributed by atoms with Gasteiger partial charge >= 0.3 is 0 Å². The monoisotopic (exact) mass is 356 g/mol. The number of para-hydroxylation sites is 3. The lowest BCUT2D eigenvalue weighted by atomic mass is 10.2. The van der Waals surface area contributed by atoms with Crippen LogP contribution in [-0.4, -0.2) is 18.1 Å². The van der Waals surface area contributed by atoms with Gasteiger partial charge in [0, 0.05) is 12.7 Å². The lowest BCUT2D eigenvalue weighted by Gasteiger charge is -2.28. The molecule has 0 radical (unpaired) electrons. The molecule has 0 saturated carbocycles. The number of benzene rings is 3. The zero-order valence-corrected chi connectivity index (χ0v) is 15.0. The van der Waals surface area contributed by atoms with Crippen molar-refractivity contribution in [2.75, 3.05) is 21.9 Å². The maximum absolute atomic E-state index is 10.1. The molecule has 134 valence electrons. The quantitative estimate of drug-likeness (QED) is 0.686. The first-order valence-corrected chi connectivity index (χ1v) is 8.71. The fraction of sp³-hybridized carbons (Fsp3) is 0.0455. The number of hydrazone groups is 1. The molecular weight excluding hydrogens is 336 g/mol. The van der Waals surface area contributed by atoms with Crippen LogP contribution in [0, 0.1) is 0 Å². The topological polar surface area (TPSA) is 42.3 Å². The number of nitrogens with zero attached hydrogens (tertiary/aromatic N) is 4. The molecule has 1 N–H and O–H groups in total. The third-order valence-corrected chi connectivity index (χ3v) is 4.41. The Morgan fingerprint density at radius 2 is 1.30 bits per heavy atom. The van der Waals surface area contributed by atoms with Crippen LogP contribution in [0.1, 0.15) is 0 Å². The van der Waals surface area contributed by atoms with Gasteiger partial charge in [0.1, 0.15) is 6.26 Å². The summed E-state index contributed by atoms with van der Waals surface area (Å²) in [6, 6.07) is 29.7. The lowest BCUT2D eigenvalue weighted by molar-refractivity contribution is 0.465. The van der Waals surface area contributed by atoms with Gasteiger partial charge in [-0.15, -0.1) is 5.10 Å². The van der Waals surface area contributed by atoms with Gasteiger partial charge in [0.25, 0.3) is 0 Å². The van der Waals surface area contributed by atoms with E-state index in [4.69, 9.17) is 5.10 Å². The predicted molar refractivity (Wildman–Crippen MR) is 111 cm³/mol. The van der Waals surface area contributed by atoms with Crippen LogP contribution in [0.2, 0.25) is 0 Å². The molecule has 1 heterocycles. The summed E-state index contributed by atoms with van der Waals surface area (Å²) in [6.07, 6.45) is 1.09. The van der Waals surface area contributed by atoms with Crippen molar-refractivity contribution in [3.63, 3.8) is 0 Å². The van der Waals surface area contributed by atoms with Crippen LogP contribution in [0.15, 0.2) is 108 Å². The number of aliphatic hydroxyl groups is 1. The van der Waals surface area contributed by atoms with E-state index in [9.17, 15) is 5.11 Å². The van der Waals surface area contributed by atoms with Crippen molar-refractivity contribution in [2.24, 2.45) is 5.10 Å². The van der Waals surface area contributed by atoms with Gasteiger partial charge in [-0.2, -0.15) is 0 Å². The van der Waals surface area contributed by atoms with Crippen molar-refractivity contribution in [3.8, 4) is 0 Å². The molecule has 27 heavy (non-hydrogen) atoms. The zero-order valence-electron chi connectivity index (χ0n) is 15.0. The first kappa shape index (κ1) is 16.7. The van der Waals surface area contributed by atoms with E-state index in [1.165, 1.54) is 0 Å². The summed E-state index contributed by atoms with van der Waals surface area (Å²) in [5, 5.41) is 16.6. The van der Waals surface area contributed by atoms with Crippen molar-refractivity contribution in [2.45, 2.75) is 0 Å². The summed E-state index contributed by atoms with van der Waals surface area (Å²) in [5.41, 5.74) is 2.79. The van der Waals surface area contributed by atoms with Gasteiger partial charge in [0.05, 0.1) is 11.4 Å². The van der Waals surface area contributed by atoms with E-state index in [0.29, 0.717) is 11.8 Å². The highest BCUT2D eigenvalue weighted by atomic mass is 16.2. The summed E-state index contributed by atoms with van der Waals surface area (Å²) in [6.45, 7) is 0. The van der Waals surface area contributed by atoms with Gasteiger partial charge < -0.3 is 10.0 Å². The smallest absolute Gasteiger partial charge is 0.234 e. The van der Waals surface area contributed by atoms with E-state index in [1.54, 1.807) is 5.01 Å². The molecule has 0 atom stereocenters. The van der Waals surface area contributed by atoms with Crippen molar-refractivity contribution in [1.82, 2.24) is 0 Å². The van der Waals surface area contributed by atoms with Crippen LogP contribution in [-0.2, 0) is 0 Å². The van der Waals surface area contributed by atoms with Crippen molar-refractivity contribution in [1.29, 1.82) is 0 Å². The van der Waals surface area contributed by atoms with E-state index >= 15 is 0 Å². The molecule has 0 unspecified atom stereocenters. The van der Waals surface area contributed by atoms with Gasteiger partial charge in [-0.25, -0.2) is 5.01 Å². The summed E-state index contributed by atoms with van der Waals surface area (Å²) < 4.78 is 0. The average molecular weight is 356 g/mol. The molecule has 3 aromatic rings. The van der Waals surface area contributed by atoms with Crippen molar-refractivity contribution < 1.29 is 5.11 Å². The molecule has 0 bridgehead atoms. The van der Waals surface area contributed by atoms with E-state index in [-0.39, 0.29) is 0 Å². The van der Waals surface area contributed by atoms with Crippen LogP contribution < -0.4 is 14.8 Å². The predicted octanol–water partition coefficient (Wildman–Crippen LogP) is 4.78. The Morgan fingerprint density at radius 3 is 1.85 bits per heavy atom. The van der Waals surface area contributed by atoms with Gasteiger partial charge in [0.15, 0.2) is 5.82 Å². The number of hydrogen-bond donors (Lipinski definition) is 1. The number of hydrogen-bond acceptors (Lipinski definition) is 5. The molecule has 0 aliphatic carbocycles. The highest BCUT2D eigenvalue weighted by Crippen LogP contribution is 2.33. The zero-order chi connectivity index (χ0) is 18.6. The second kappa shape index (κ2) is 7.25.